The lowest BCUT2D eigenvalue weighted by Crippen LogP contribution is -2.11. The summed E-state index contributed by atoms with van der Waals surface area (Å²) in [6, 6.07) is 5.24. The molecule has 1 aromatic carbocycles. The van der Waals surface area contributed by atoms with E-state index in [4.69, 9.17) is 18.9 Å². The lowest BCUT2D eigenvalue weighted by molar-refractivity contribution is -0.0132. The van der Waals surface area contributed by atoms with Gasteiger partial charge in [0.1, 0.15) is 11.3 Å². The molecule has 0 aliphatic carbocycles. The zero-order chi connectivity index (χ0) is 14.1. The van der Waals surface area contributed by atoms with Crippen LogP contribution in [0.4, 0.5) is 0 Å². The van der Waals surface area contributed by atoms with Crippen LogP contribution in [0, 0.1) is 0 Å². The number of carbonyl (C=O) groups excluding carboxylic acids is 1. The summed E-state index contributed by atoms with van der Waals surface area (Å²) in [5.74, 6) is -0.0668. The van der Waals surface area contributed by atoms with Gasteiger partial charge in [0.25, 0.3) is 0 Å². The van der Waals surface area contributed by atoms with Gasteiger partial charge in [-0.2, -0.15) is 0 Å². The number of hydrogen-bond acceptors (Lipinski definition) is 5. The maximum absolute atomic E-state index is 11.9. The van der Waals surface area contributed by atoms with E-state index in [9.17, 15) is 4.79 Å². The topological polar surface area (TPSA) is 54.0 Å². The molecule has 0 atom stereocenters. The Labute approximate surface area is 112 Å². The van der Waals surface area contributed by atoms with Gasteiger partial charge in [-0.15, -0.1) is 0 Å². The quantitative estimate of drug-likeness (QED) is 0.560. The first-order valence-corrected chi connectivity index (χ1v) is 5.78. The van der Waals surface area contributed by atoms with Crippen molar-refractivity contribution in [3.8, 4) is 5.75 Å². The molecule has 0 spiro atoms. The fourth-order valence-corrected chi connectivity index (χ4v) is 1.50. The fraction of sp³-hybridized carbons (Fsp3) is 0.357. The van der Waals surface area contributed by atoms with Crippen LogP contribution in [-0.2, 0) is 14.2 Å². The van der Waals surface area contributed by atoms with Gasteiger partial charge in [0.05, 0.1) is 0 Å². The van der Waals surface area contributed by atoms with Crippen molar-refractivity contribution in [1.82, 2.24) is 0 Å². The monoisotopic (exact) mass is 266 g/mol. The van der Waals surface area contributed by atoms with E-state index < -0.39 is 5.97 Å². The molecule has 0 unspecified atom stereocenters. The maximum atomic E-state index is 11.9. The molecule has 0 radical (unpaired) electrons. The molecule has 5 nitrogen and oxygen atoms in total. The van der Waals surface area contributed by atoms with Crippen LogP contribution in [0.1, 0.15) is 22.8 Å². The van der Waals surface area contributed by atoms with Gasteiger partial charge >= 0.3 is 5.97 Å². The number of ether oxygens (including phenoxy) is 4. The van der Waals surface area contributed by atoms with Crippen LogP contribution in [-0.4, -0.2) is 33.8 Å². The summed E-state index contributed by atoms with van der Waals surface area (Å²) in [7, 11) is 2.97. The summed E-state index contributed by atoms with van der Waals surface area (Å²) in [5.41, 5.74) is 1.12. The highest BCUT2D eigenvalue weighted by Crippen LogP contribution is 2.26. The summed E-state index contributed by atoms with van der Waals surface area (Å²) in [6.07, 6.45) is 3.71. The maximum Gasteiger partial charge on any atom is 0.344 e. The molecule has 0 aromatic heterocycles. The number of esters is 1. The normalized spacial score (nSPS) is 10.7. The minimum Gasteiger partial charge on any atom is -0.466 e. The second kappa shape index (κ2) is 8.29. The largest absolute Gasteiger partial charge is 0.466 e. The fourth-order valence-electron chi connectivity index (χ4n) is 1.50. The molecule has 0 bridgehead atoms. The zero-order valence-electron chi connectivity index (χ0n) is 11.3. The van der Waals surface area contributed by atoms with E-state index in [1.165, 1.54) is 14.2 Å². The van der Waals surface area contributed by atoms with Crippen molar-refractivity contribution in [3.63, 3.8) is 0 Å². The van der Waals surface area contributed by atoms with Crippen molar-refractivity contribution in [2.45, 2.75) is 6.92 Å². The number of para-hydroxylation sites is 1. The molecular weight excluding hydrogens is 248 g/mol. The number of carbonyl (C=O) groups is 1. The van der Waals surface area contributed by atoms with Gasteiger partial charge in [-0.05, 0) is 13.0 Å². The summed E-state index contributed by atoms with van der Waals surface area (Å²) < 4.78 is 20.0. The highest BCUT2D eigenvalue weighted by molar-refractivity contribution is 5.94. The third-order valence-electron chi connectivity index (χ3n) is 2.24. The second-order valence-corrected chi connectivity index (χ2v) is 3.61. The summed E-state index contributed by atoms with van der Waals surface area (Å²) in [6.45, 7) is 1.84. The number of rotatable bonds is 7. The third kappa shape index (κ3) is 4.39. The van der Waals surface area contributed by atoms with Crippen LogP contribution < -0.4 is 4.74 Å². The number of methoxy groups -OCH3 is 2. The first kappa shape index (κ1) is 15.2. The predicted octanol–water partition coefficient (Wildman–Crippen LogP) is 2.46. The van der Waals surface area contributed by atoms with Gasteiger partial charge in [0, 0.05) is 19.8 Å². The van der Waals surface area contributed by atoms with Crippen LogP contribution in [0.2, 0.25) is 0 Å². The summed E-state index contributed by atoms with van der Waals surface area (Å²) >= 11 is 0. The Bertz CT molecular complexity index is 439. The van der Waals surface area contributed by atoms with E-state index in [-0.39, 0.29) is 13.6 Å². The molecule has 104 valence electrons. The van der Waals surface area contributed by atoms with E-state index >= 15 is 0 Å². The standard InChI is InChI=1S/C14H18O5/c1-4-6-11-7-5-8-12(13(11)18-9-16-2)14(15)19-10-17-3/h4-8H,9-10H2,1-3H3/b6-4-. The van der Waals surface area contributed by atoms with Crippen molar-refractivity contribution in [2.75, 3.05) is 27.8 Å². The number of hydrogen-bond donors (Lipinski definition) is 0. The van der Waals surface area contributed by atoms with E-state index in [2.05, 4.69) is 0 Å². The van der Waals surface area contributed by atoms with Crippen LogP contribution in [0.15, 0.2) is 24.3 Å². The van der Waals surface area contributed by atoms with Crippen LogP contribution >= 0.6 is 0 Å². The van der Waals surface area contributed by atoms with Gasteiger partial charge < -0.3 is 18.9 Å². The van der Waals surface area contributed by atoms with Crippen molar-refractivity contribution < 1.29 is 23.7 Å². The van der Waals surface area contributed by atoms with Gasteiger partial charge in [0.2, 0.25) is 0 Å². The first-order chi connectivity index (χ1) is 9.24. The Morgan fingerprint density at radius 3 is 2.58 bits per heavy atom. The molecule has 19 heavy (non-hydrogen) atoms. The van der Waals surface area contributed by atoms with Gasteiger partial charge in [-0.25, -0.2) is 4.79 Å². The molecule has 0 aliphatic heterocycles. The molecule has 1 rings (SSSR count). The van der Waals surface area contributed by atoms with E-state index in [1.807, 2.05) is 25.1 Å². The molecule has 0 heterocycles. The van der Waals surface area contributed by atoms with Crippen molar-refractivity contribution in [1.29, 1.82) is 0 Å². The lowest BCUT2D eigenvalue weighted by atomic mass is 10.1. The highest BCUT2D eigenvalue weighted by atomic mass is 16.7. The van der Waals surface area contributed by atoms with Gasteiger partial charge in [-0.1, -0.05) is 24.3 Å². The average Bonchev–Trinajstić information content (AvgIpc) is 2.43. The van der Waals surface area contributed by atoms with Gasteiger partial charge in [0.15, 0.2) is 13.6 Å². The predicted molar refractivity (Wildman–Crippen MR) is 70.9 cm³/mol. The second-order valence-electron chi connectivity index (χ2n) is 3.61. The Balaban J connectivity index is 3.06. The Morgan fingerprint density at radius 2 is 1.95 bits per heavy atom. The van der Waals surface area contributed by atoms with E-state index in [0.717, 1.165) is 5.56 Å². The van der Waals surface area contributed by atoms with Crippen LogP contribution in [0.25, 0.3) is 6.08 Å². The van der Waals surface area contributed by atoms with Crippen molar-refractivity contribution in [2.24, 2.45) is 0 Å². The summed E-state index contributed by atoms with van der Waals surface area (Å²) in [5, 5.41) is 0. The molecule has 0 fully saturated rings. The van der Waals surface area contributed by atoms with Crippen LogP contribution in [0.5, 0.6) is 5.75 Å². The molecule has 0 N–H and O–H groups in total. The molecule has 0 saturated heterocycles. The highest BCUT2D eigenvalue weighted by Gasteiger charge is 2.16. The van der Waals surface area contributed by atoms with Crippen LogP contribution in [0.3, 0.4) is 0 Å². The van der Waals surface area contributed by atoms with Crippen molar-refractivity contribution in [3.05, 3.63) is 35.4 Å². The SMILES string of the molecule is C/C=C\c1cccc(C(=O)OCOC)c1OCOC. The molecule has 1 aromatic rings. The smallest absolute Gasteiger partial charge is 0.344 e. The third-order valence-corrected chi connectivity index (χ3v) is 2.24. The van der Waals surface area contributed by atoms with Crippen molar-refractivity contribution >= 4 is 12.0 Å². The minimum absolute atomic E-state index is 0.0547. The number of benzene rings is 1. The van der Waals surface area contributed by atoms with Gasteiger partial charge in [-0.3, -0.25) is 0 Å². The van der Waals surface area contributed by atoms with E-state index in [0.29, 0.717) is 11.3 Å². The molecule has 0 amide bonds. The lowest BCUT2D eigenvalue weighted by Gasteiger charge is -2.13. The first-order valence-electron chi connectivity index (χ1n) is 5.78. The zero-order valence-corrected chi connectivity index (χ0v) is 11.3. The Hall–Kier alpha value is -1.85. The Kier molecular flexibility index (Phi) is 6.63. The molecule has 0 aliphatic rings. The average molecular weight is 266 g/mol. The Morgan fingerprint density at radius 1 is 1.21 bits per heavy atom. The summed E-state index contributed by atoms with van der Waals surface area (Å²) in [4.78, 5) is 11.9. The minimum atomic E-state index is -0.501. The molecule has 5 heteroatoms. The molecular formula is C14H18O5. The number of allylic oxidation sites excluding steroid dienone is 1. The van der Waals surface area contributed by atoms with E-state index in [1.54, 1.807) is 12.1 Å². The molecule has 0 saturated carbocycles.